The van der Waals surface area contributed by atoms with Crippen LogP contribution in [-0.2, 0) is 6.18 Å². The van der Waals surface area contributed by atoms with E-state index in [1.165, 1.54) is 13.0 Å². The first-order chi connectivity index (χ1) is 10.3. The van der Waals surface area contributed by atoms with Crippen molar-refractivity contribution >= 4 is 5.91 Å². The Balaban J connectivity index is 1.80. The van der Waals surface area contributed by atoms with Gasteiger partial charge in [0.25, 0.3) is 5.91 Å². The van der Waals surface area contributed by atoms with Crippen molar-refractivity contribution in [2.75, 3.05) is 13.1 Å². The summed E-state index contributed by atoms with van der Waals surface area (Å²) in [6, 6.07) is 2.86. The van der Waals surface area contributed by atoms with E-state index in [1.54, 1.807) is 4.90 Å². The first-order valence-electron chi connectivity index (χ1n) is 7.45. The molecule has 3 heterocycles. The number of nitrogens with one attached hydrogen (secondary N) is 1. The van der Waals surface area contributed by atoms with E-state index in [9.17, 15) is 18.0 Å². The number of alkyl halides is 3. The average molecular weight is 313 g/mol. The molecular weight excluding hydrogens is 295 g/mol. The SMILES string of the molecule is Cc1nc(C(F)(F)F)ccc1C(=O)N1CCC2CCC(C1)N2. The summed E-state index contributed by atoms with van der Waals surface area (Å²) in [7, 11) is 0. The van der Waals surface area contributed by atoms with Crippen molar-refractivity contribution in [3.05, 3.63) is 29.1 Å². The number of rotatable bonds is 1. The second-order valence-corrected chi connectivity index (χ2v) is 6.00. The van der Waals surface area contributed by atoms with Crippen molar-refractivity contribution in [2.45, 2.75) is 44.4 Å². The number of halogens is 3. The average Bonchev–Trinajstić information content (AvgIpc) is 2.76. The highest BCUT2D eigenvalue weighted by Gasteiger charge is 2.34. The number of hydrogen-bond acceptors (Lipinski definition) is 3. The third-order valence-electron chi connectivity index (χ3n) is 4.42. The zero-order valence-corrected chi connectivity index (χ0v) is 12.3. The third-order valence-corrected chi connectivity index (χ3v) is 4.42. The number of hydrogen-bond donors (Lipinski definition) is 1. The van der Waals surface area contributed by atoms with E-state index in [-0.39, 0.29) is 17.2 Å². The van der Waals surface area contributed by atoms with Crippen molar-refractivity contribution in [1.29, 1.82) is 0 Å². The molecule has 3 rings (SSSR count). The van der Waals surface area contributed by atoms with Gasteiger partial charge in [-0.3, -0.25) is 4.79 Å². The van der Waals surface area contributed by atoms with E-state index < -0.39 is 11.9 Å². The van der Waals surface area contributed by atoms with E-state index >= 15 is 0 Å². The molecule has 0 radical (unpaired) electrons. The lowest BCUT2D eigenvalue weighted by Crippen LogP contribution is -2.39. The minimum atomic E-state index is -4.49. The molecule has 2 bridgehead atoms. The van der Waals surface area contributed by atoms with E-state index in [4.69, 9.17) is 0 Å². The number of nitrogens with zero attached hydrogens (tertiary/aromatic N) is 2. The summed E-state index contributed by atoms with van der Waals surface area (Å²) in [5, 5.41) is 3.47. The molecule has 7 heteroatoms. The lowest BCUT2D eigenvalue weighted by Gasteiger charge is -2.25. The largest absolute Gasteiger partial charge is 0.433 e. The van der Waals surface area contributed by atoms with Gasteiger partial charge in [-0.2, -0.15) is 13.2 Å². The second-order valence-electron chi connectivity index (χ2n) is 6.00. The van der Waals surface area contributed by atoms with Crippen LogP contribution in [0.1, 0.15) is 41.0 Å². The van der Waals surface area contributed by atoms with E-state index in [2.05, 4.69) is 10.3 Å². The Morgan fingerprint density at radius 3 is 2.68 bits per heavy atom. The highest BCUT2D eigenvalue weighted by Crippen LogP contribution is 2.28. The number of aryl methyl sites for hydroxylation is 1. The van der Waals surface area contributed by atoms with Gasteiger partial charge in [0.1, 0.15) is 5.69 Å². The van der Waals surface area contributed by atoms with Crippen molar-refractivity contribution < 1.29 is 18.0 Å². The molecule has 120 valence electrons. The topological polar surface area (TPSA) is 45.2 Å². The lowest BCUT2D eigenvalue weighted by molar-refractivity contribution is -0.141. The molecule has 2 unspecified atom stereocenters. The van der Waals surface area contributed by atoms with Gasteiger partial charge < -0.3 is 10.2 Å². The predicted molar refractivity (Wildman–Crippen MR) is 74.4 cm³/mol. The number of carbonyl (C=O) groups excluding carboxylic acids is 1. The Morgan fingerprint density at radius 2 is 2.00 bits per heavy atom. The zero-order valence-electron chi connectivity index (χ0n) is 12.3. The fourth-order valence-corrected chi connectivity index (χ4v) is 3.24. The molecule has 2 aliphatic rings. The molecular formula is C15H18F3N3O. The molecule has 2 aliphatic heterocycles. The molecule has 0 aromatic carbocycles. The van der Waals surface area contributed by atoms with Crippen LogP contribution in [0.15, 0.2) is 12.1 Å². The minimum Gasteiger partial charge on any atom is -0.337 e. The summed E-state index contributed by atoms with van der Waals surface area (Å²) in [5.74, 6) is -0.229. The monoisotopic (exact) mass is 313 g/mol. The van der Waals surface area contributed by atoms with Crippen LogP contribution in [0.2, 0.25) is 0 Å². The molecule has 0 aliphatic carbocycles. The molecule has 0 spiro atoms. The summed E-state index contributed by atoms with van der Waals surface area (Å²) in [6.07, 6.45) is -1.43. The standard InChI is InChI=1S/C15H18F3N3O/c1-9-12(4-5-13(19-9)15(16,17)18)14(22)21-7-6-10-2-3-11(8-21)20-10/h4-5,10-11,20H,2-3,6-8H2,1H3. The normalized spacial score (nSPS) is 25.2. The molecule has 2 saturated heterocycles. The van der Waals surface area contributed by atoms with Gasteiger partial charge in [0.2, 0.25) is 0 Å². The summed E-state index contributed by atoms with van der Waals surface area (Å²) in [5.41, 5.74) is -0.578. The van der Waals surface area contributed by atoms with Crippen molar-refractivity contribution in [2.24, 2.45) is 0 Å². The van der Waals surface area contributed by atoms with Crippen LogP contribution in [0, 0.1) is 6.92 Å². The second kappa shape index (κ2) is 5.53. The van der Waals surface area contributed by atoms with Crippen LogP contribution in [0.3, 0.4) is 0 Å². The molecule has 2 fully saturated rings. The fraction of sp³-hybridized carbons (Fsp3) is 0.600. The van der Waals surface area contributed by atoms with E-state index in [1.807, 2.05) is 0 Å². The molecule has 4 nitrogen and oxygen atoms in total. The third kappa shape index (κ3) is 2.95. The maximum atomic E-state index is 12.6. The maximum absolute atomic E-state index is 12.6. The maximum Gasteiger partial charge on any atom is 0.433 e. The van der Waals surface area contributed by atoms with Gasteiger partial charge in [-0.1, -0.05) is 0 Å². The Kier molecular flexibility index (Phi) is 3.84. The van der Waals surface area contributed by atoms with Crippen LogP contribution in [0.5, 0.6) is 0 Å². The number of aromatic nitrogens is 1. The van der Waals surface area contributed by atoms with Crippen molar-refractivity contribution in [3.63, 3.8) is 0 Å². The van der Waals surface area contributed by atoms with Crippen molar-refractivity contribution in [3.8, 4) is 0 Å². The first-order valence-corrected chi connectivity index (χ1v) is 7.45. The molecule has 1 amide bonds. The van der Waals surface area contributed by atoms with Gasteiger partial charge in [-0.15, -0.1) is 0 Å². The van der Waals surface area contributed by atoms with Crippen LogP contribution >= 0.6 is 0 Å². The quantitative estimate of drug-likeness (QED) is 0.866. The van der Waals surface area contributed by atoms with Crippen molar-refractivity contribution in [1.82, 2.24) is 15.2 Å². The van der Waals surface area contributed by atoms with Gasteiger partial charge in [0, 0.05) is 25.2 Å². The van der Waals surface area contributed by atoms with Crippen LogP contribution in [0.4, 0.5) is 13.2 Å². The zero-order chi connectivity index (χ0) is 15.9. The molecule has 2 atom stereocenters. The molecule has 0 saturated carbocycles. The Hall–Kier alpha value is -1.63. The van der Waals surface area contributed by atoms with Gasteiger partial charge in [0.15, 0.2) is 0 Å². The molecule has 22 heavy (non-hydrogen) atoms. The number of likely N-dealkylation sites (tertiary alicyclic amines) is 1. The number of amides is 1. The van der Waals surface area contributed by atoms with Crippen LogP contribution < -0.4 is 5.32 Å². The van der Waals surface area contributed by atoms with E-state index in [0.717, 1.165) is 25.3 Å². The summed E-state index contributed by atoms with van der Waals surface area (Å²) < 4.78 is 37.9. The van der Waals surface area contributed by atoms with Crippen LogP contribution in [0.25, 0.3) is 0 Å². The number of fused-ring (bicyclic) bond motifs is 2. The summed E-state index contributed by atoms with van der Waals surface area (Å²) >= 11 is 0. The van der Waals surface area contributed by atoms with Gasteiger partial charge in [0.05, 0.1) is 11.3 Å². The van der Waals surface area contributed by atoms with Crippen LogP contribution in [-0.4, -0.2) is 41.0 Å². The molecule has 1 N–H and O–H groups in total. The molecule has 1 aromatic rings. The van der Waals surface area contributed by atoms with Gasteiger partial charge >= 0.3 is 6.18 Å². The Labute approximate surface area is 126 Å². The highest BCUT2D eigenvalue weighted by molar-refractivity contribution is 5.95. The summed E-state index contributed by atoms with van der Waals surface area (Å²) in [6.45, 7) is 2.69. The predicted octanol–water partition coefficient (Wildman–Crippen LogP) is 2.38. The fourth-order valence-electron chi connectivity index (χ4n) is 3.24. The lowest BCUT2D eigenvalue weighted by atomic mass is 10.1. The van der Waals surface area contributed by atoms with Gasteiger partial charge in [-0.25, -0.2) is 4.98 Å². The first kappa shape index (κ1) is 15.3. The number of pyridine rings is 1. The molecule has 1 aromatic heterocycles. The summed E-state index contributed by atoms with van der Waals surface area (Å²) in [4.78, 5) is 17.9. The Bertz CT molecular complexity index is 588. The minimum absolute atomic E-state index is 0.127. The highest BCUT2D eigenvalue weighted by atomic mass is 19.4. The number of carbonyl (C=O) groups is 1. The smallest absolute Gasteiger partial charge is 0.337 e. The van der Waals surface area contributed by atoms with Gasteiger partial charge in [-0.05, 0) is 38.3 Å². The van der Waals surface area contributed by atoms with E-state index in [0.29, 0.717) is 25.2 Å². The Morgan fingerprint density at radius 1 is 1.27 bits per heavy atom.